The Bertz CT molecular complexity index is 479. The first-order chi connectivity index (χ1) is 9.45. The number of pyridine rings is 1. The van der Waals surface area contributed by atoms with Crippen molar-refractivity contribution in [2.24, 2.45) is 5.92 Å². The van der Waals surface area contributed by atoms with E-state index >= 15 is 0 Å². The van der Waals surface area contributed by atoms with Gasteiger partial charge in [-0.15, -0.1) is 0 Å². The van der Waals surface area contributed by atoms with Gasteiger partial charge in [0.1, 0.15) is 5.15 Å². The van der Waals surface area contributed by atoms with E-state index in [4.69, 9.17) is 11.6 Å². The maximum Gasteiger partial charge on any atom is 0.251 e. The molecule has 1 aliphatic rings. The van der Waals surface area contributed by atoms with Gasteiger partial charge < -0.3 is 5.32 Å². The van der Waals surface area contributed by atoms with Crippen LogP contribution >= 0.6 is 11.6 Å². The summed E-state index contributed by atoms with van der Waals surface area (Å²) in [6.45, 7) is 6.36. The van der Waals surface area contributed by atoms with Gasteiger partial charge in [0.25, 0.3) is 5.91 Å². The number of hydrogen-bond donors (Lipinski definition) is 1. The summed E-state index contributed by atoms with van der Waals surface area (Å²) in [6.07, 6.45) is 4.53. The third-order valence-corrected chi connectivity index (χ3v) is 4.21. The number of hydrogen-bond acceptors (Lipinski definition) is 2. The minimum Gasteiger partial charge on any atom is -0.349 e. The van der Waals surface area contributed by atoms with E-state index < -0.39 is 0 Å². The molecule has 0 radical (unpaired) electrons. The lowest BCUT2D eigenvalue weighted by molar-refractivity contribution is 0.0922. The highest BCUT2D eigenvalue weighted by Gasteiger charge is 2.21. The Labute approximate surface area is 126 Å². The van der Waals surface area contributed by atoms with E-state index in [0.29, 0.717) is 16.8 Å². The molecule has 1 heterocycles. The number of nitrogens with one attached hydrogen (secondary N) is 1. The maximum atomic E-state index is 12.3. The van der Waals surface area contributed by atoms with Gasteiger partial charge in [0.15, 0.2) is 0 Å². The van der Waals surface area contributed by atoms with Crippen molar-refractivity contribution in [3.63, 3.8) is 0 Å². The zero-order chi connectivity index (χ0) is 14.7. The lowest BCUT2D eigenvalue weighted by Crippen LogP contribution is -2.37. The number of amides is 1. The molecule has 0 aliphatic heterocycles. The molecule has 1 N–H and O–H groups in total. The number of carbonyl (C=O) groups excluding carboxylic acids is 1. The molecule has 110 valence electrons. The Balaban J connectivity index is 2.05. The predicted molar refractivity (Wildman–Crippen MR) is 82.2 cm³/mol. The van der Waals surface area contributed by atoms with Gasteiger partial charge in [-0.1, -0.05) is 32.4 Å². The van der Waals surface area contributed by atoms with Crippen molar-refractivity contribution in [2.75, 3.05) is 0 Å². The third kappa shape index (κ3) is 3.95. The van der Waals surface area contributed by atoms with Gasteiger partial charge in [-0.3, -0.25) is 4.79 Å². The standard InChI is InChI=1S/C16H23ClN2O/c1-10(2)14-8-12(9-15(17)19-14)16(20)18-13-6-4-11(3)5-7-13/h8-11,13H,4-7H2,1-3H3,(H,18,20). The molecule has 1 aromatic rings. The van der Waals surface area contributed by atoms with Crippen LogP contribution in [0.5, 0.6) is 0 Å². The van der Waals surface area contributed by atoms with Crippen molar-refractivity contribution >= 4 is 17.5 Å². The largest absolute Gasteiger partial charge is 0.349 e. The van der Waals surface area contributed by atoms with Gasteiger partial charge in [-0.25, -0.2) is 4.98 Å². The summed E-state index contributed by atoms with van der Waals surface area (Å²) < 4.78 is 0. The van der Waals surface area contributed by atoms with Crippen molar-refractivity contribution in [1.29, 1.82) is 0 Å². The van der Waals surface area contributed by atoms with Gasteiger partial charge in [0.05, 0.1) is 0 Å². The zero-order valence-electron chi connectivity index (χ0n) is 12.4. The van der Waals surface area contributed by atoms with Crippen LogP contribution in [0.1, 0.15) is 68.4 Å². The monoisotopic (exact) mass is 294 g/mol. The summed E-state index contributed by atoms with van der Waals surface area (Å²) in [7, 11) is 0. The fourth-order valence-corrected chi connectivity index (χ4v) is 2.83. The van der Waals surface area contributed by atoms with Crippen LogP contribution in [0.2, 0.25) is 5.15 Å². The highest BCUT2D eigenvalue weighted by Crippen LogP contribution is 2.24. The molecule has 0 spiro atoms. The molecular formula is C16H23ClN2O. The second kappa shape index (κ2) is 6.57. The number of carbonyl (C=O) groups is 1. The zero-order valence-corrected chi connectivity index (χ0v) is 13.2. The summed E-state index contributed by atoms with van der Waals surface area (Å²) in [5.74, 6) is 1.01. The molecule has 0 saturated heterocycles. The quantitative estimate of drug-likeness (QED) is 0.850. The van der Waals surface area contributed by atoms with Crippen molar-refractivity contribution in [1.82, 2.24) is 10.3 Å². The summed E-state index contributed by atoms with van der Waals surface area (Å²) in [5, 5.41) is 3.51. The van der Waals surface area contributed by atoms with E-state index in [1.807, 2.05) is 19.9 Å². The first-order valence-corrected chi connectivity index (χ1v) is 7.82. The molecule has 3 nitrogen and oxygen atoms in total. The summed E-state index contributed by atoms with van der Waals surface area (Å²) in [5.41, 5.74) is 1.48. The first kappa shape index (κ1) is 15.3. The van der Waals surface area contributed by atoms with Gasteiger partial charge in [0, 0.05) is 17.3 Å². The highest BCUT2D eigenvalue weighted by molar-refractivity contribution is 6.29. The number of nitrogens with zero attached hydrogens (tertiary/aromatic N) is 1. The van der Waals surface area contributed by atoms with Crippen LogP contribution < -0.4 is 5.32 Å². The smallest absolute Gasteiger partial charge is 0.251 e. The van der Waals surface area contributed by atoms with E-state index in [9.17, 15) is 4.79 Å². The normalized spacial score (nSPS) is 22.9. The van der Waals surface area contributed by atoms with Crippen LogP contribution in [-0.2, 0) is 0 Å². The molecule has 0 aromatic carbocycles. The van der Waals surface area contributed by atoms with Crippen LogP contribution in [0.15, 0.2) is 12.1 Å². The molecule has 1 saturated carbocycles. The Morgan fingerprint density at radius 1 is 1.30 bits per heavy atom. The molecule has 4 heteroatoms. The van der Waals surface area contributed by atoms with Crippen LogP contribution in [0.25, 0.3) is 0 Å². The minimum absolute atomic E-state index is 0.0317. The SMILES string of the molecule is CC1CCC(NC(=O)c2cc(Cl)nc(C(C)C)c2)CC1. The fourth-order valence-electron chi connectivity index (χ4n) is 2.62. The first-order valence-electron chi connectivity index (χ1n) is 7.44. The molecule has 1 aliphatic carbocycles. The Hall–Kier alpha value is -1.09. The summed E-state index contributed by atoms with van der Waals surface area (Å²) >= 11 is 6.01. The molecule has 2 rings (SSSR count). The highest BCUT2D eigenvalue weighted by atomic mass is 35.5. The van der Waals surface area contributed by atoms with Crippen LogP contribution in [-0.4, -0.2) is 16.9 Å². The number of rotatable bonds is 3. The Kier molecular flexibility index (Phi) is 5.03. The Morgan fingerprint density at radius 3 is 2.55 bits per heavy atom. The molecule has 0 bridgehead atoms. The second-order valence-corrected chi connectivity index (χ2v) is 6.58. The second-order valence-electron chi connectivity index (χ2n) is 6.19. The third-order valence-electron chi connectivity index (χ3n) is 4.02. The van der Waals surface area contributed by atoms with E-state index in [-0.39, 0.29) is 11.8 Å². The molecule has 0 unspecified atom stereocenters. The van der Waals surface area contributed by atoms with E-state index in [1.54, 1.807) is 6.07 Å². The Morgan fingerprint density at radius 2 is 1.95 bits per heavy atom. The lowest BCUT2D eigenvalue weighted by Gasteiger charge is -2.27. The van der Waals surface area contributed by atoms with Gasteiger partial charge in [0.2, 0.25) is 0 Å². The van der Waals surface area contributed by atoms with Crippen molar-refractivity contribution in [2.45, 2.75) is 58.4 Å². The van der Waals surface area contributed by atoms with Crippen molar-refractivity contribution < 1.29 is 4.79 Å². The maximum absolute atomic E-state index is 12.3. The molecule has 1 fully saturated rings. The molecular weight excluding hydrogens is 272 g/mol. The minimum atomic E-state index is -0.0317. The summed E-state index contributed by atoms with van der Waals surface area (Å²) in [4.78, 5) is 16.6. The van der Waals surface area contributed by atoms with Crippen molar-refractivity contribution in [3.05, 3.63) is 28.5 Å². The van der Waals surface area contributed by atoms with E-state index in [2.05, 4.69) is 17.2 Å². The average Bonchev–Trinajstić information content (AvgIpc) is 2.40. The van der Waals surface area contributed by atoms with Crippen LogP contribution in [0.3, 0.4) is 0 Å². The molecule has 1 aromatic heterocycles. The fraction of sp³-hybridized carbons (Fsp3) is 0.625. The molecule has 20 heavy (non-hydrogen) atoms. The topological polar surface area (TPSA) is 42.0 Å². The van der Waals surface area contributed by atoms with Gasteiger partial charge >= 0.3 is 0 Å². The van der Waals surface area contributed by atoms with Gasteiger partial charge in [-0.05, 0) is 49.7 Å². The van der Waals surface area contributed by atoms with E-state index in [0.717, 1.165) is 24.5 Å². The van der Waals surface area contributed by atoms with Crippen LogP contribution in [0, 0.1) is 5.92 Å². The number of halogens is 1. The number of aromatic nitrogens is 1. The average molecular weight is 295 g/mol. The predicted octanol–water partition coefficient (Wildman–Crippen LogP) is 4.17. The van der Waals surface area contributed by atoms with Crippen molar-refractivity contribution in [3.8, 4) is 0 Å². The lowest BCUT2D eigenvalue weighted by atomic mass is 9.87. The molecule has 1 amide bonds. The summed E-state index contributed by atoms with van der Waals surface area (Å²) in [6, 6.07) is 3.79. The van der Waals surface area contributed by atoms with Gasteiger partial charge in [-0.2, -0.15) is 0 Å². The van der Waals surface area contributed by atoms with Crippen LogP contribution in [0.4, 0.5) is 0 Å². The molecule has 0 atom stereocenters. The van der Waals surface area contributed by atoms with E-state index in [1.165, 1.54) is 12.8 Å².